The van der Waals surface area contributed by atoms with Crippen molar-refractivity contribution in [2.45, 2.75) is 39.7 Å². The summed E-state index contributed by atoms with van der Waals surface area (Å²) in [5.74, 6) is -0.210. The van der Waals surface area contributed by atoms with Gasteiger partial charge in [-0.1, -0.05) is 26.0 Å². The van der Waals surface area contributed by atoms with Gasteiger partial charge in [-0.05, 0) is 37.8 Å². The summed E-state index contributed by atoms with van der Waals surface area (Å²) < 4.78 is 0. The molecule has 0 saturated heterocycles. The molecule has 1 unspecified atom stereocenters. The van der Waals surface area contributed by atoms with Crippen molar-refractivity contribution < 1.29 is 9.90 Å². The van der Waals surface area contributed by atoms with E-state index in [0.717, 1.165) is 12.8 Å². The highest BCUT2D eigenvalue weighted by molar-refractivity contribution is 5.94. The van der Waals surface area contributed by atoms with Gasteiger partial charge in [0.2, 0.25) is 0 Å². The van der Waals surface area contributed by atoms with Crippen molar-refractivity contribution in [2.75, 3.05) is 5.32 Å². The molecule has 1 aromatic rings. The second-order valence-corrected chi connectivity index (χ2v) is 4.87. The van der Waals surface area contributed by atoms with E-state index >= 15 is 0 Å². The minimum atomic E-state index is -0.885. The molecule has 0 amide bonds. The number of hydrogen-bond acceptors (Lipinski definition) is 2. The Morgan fingerprint density at radius 2 is 1.88 bits per heavy atom. The van der Waals surface area contributed by atoms with Gasteiger partial charge in [0.25, 0.3) is 0 Å². The molecule has 0 fully saturated rings. The van der Waals surface area contributed by atoms with Gasteiger partial charge in [0, 0.05) is 11.7 Å². The Kier molecular flexibility index (Phi) is 5.01. The van der Waals surface area contributed by atoms with E-state index < -0.39 is 5.97 Å². The van der Waals surface area contributed by atoms with Gasteiger partial charge in [0.15, 0.2) is 0 Å². The van der Waals surface area contributed by atoms with E-state index in [4.69, 9.17) is 5.11 Å². The SMILES string of the molecule is CC(C)CCC(C)Nc1ccccc1C(=O)O. The van der Waals surface area contributed by atoms with Crippen LogP contribution in [-0.4, -0.2) is 17.1 Å². The van der Waals surface area contributed by atoms with Gasteiger partial charge < -0.3 is 10.4 Å². The molecule has 1 aromatic carbocycles. The number of anilines is 1. The van der Waals surface area contributed by atoms with Gasteiger partial charge in [-0.3, -0.25) is 0 Å². The van der Waals surface area contributed by atoms with Crippen LogP contribution in [0.15, 0.2) is 24.3 Å². The first-order chi connectivity index (χ1) is 8.00. The molecule has 1 atom stereocenters. The van der Waals surface area contributed by atoms with Crippen LogP contribution in [0.4, 0.5) is 5.69 Å². The van der Waals surface area contributed by atoms with Crippen LogP contribution in [0.3, 0.4) is 0 Å². The van der Waals surface area contributed by atoms with Gasteiger partial charge in [-0.2, -0.15) is 0 Å². The molecule has 94 valence electrons. The molecule has 0 aliphatic carbocycles. The molecule has 0 heterocycles. The number of carboxylic acid groups (broad SMARTS) is 1. The van der Waals surface area contributed by atoms with Crippen LogP contribution in [0.1, 0.15) is 44.0 Å². The Morgan fingerprint density at radius 3 is 2.47 bits per heavy atom. The fourth-order valence-corrected chi connectivity index (χ4v) is 1.72. The van der Waals surface area contributed by atoms with Crippen molar-refractivity contribution in [2.24, 2.45) is 5.92 Å². The van der Waals surface area contributed by atoms with E-state index in [0.29, 0.717) is 17.2 Å². The molecule has 0 aliphatic rings. The van der Waals surface area contributed by atoms with Gasteiger partial charge >= 0.3 is 5.97 Å². The third kappa shape index (κ3) is 4.47. The molecule has 0 spiro atoms. The van der Waals surface area contributed by atoms with Gasteiger partial charge in [-0.25, -0.2) is 4.79 Å². The molecular weight excluding hydrogens is 214 g/mol. The van der Waals surface area contributed by atoms with Crippen LogP contribution in [-0.2, 0) is 0 Å². The van der Waals surface area contributed by atoms with Crippen molar-refractivity contribution in [3.8, 4) is 0 Å². The van der Waals surface area contributed by atoms with E-state index in [1.54, 1.807) is 12.1 Å². The lowest BCUT2D eigenvalue weighted by molar-refractivity contribution is 0.0698. The number of carbonyl (C=O) groups is 1. The Labute approximate surface area is 103 Å². The van der Waals surface area contributed by atoms with Crippen LogP contribution in [0.5, 0.6) is 0 Å². The fourth-order valence-electron chi connectivity index (χ4n) is 1.72. The molecule has 0 saturated carbocycles. The second-order valence-electron chi connectivity index (χ2n) is 4.87. The zero-order valence-corrected chi connectivity index (χ0v) is 10.7. The third-order valence-corrected chi connectivity index (χ3v) is 2.74. The van der Waals surface area contributed by atoms with Crippen molar-refractivity contribution in [3.05, 3.63) is 29.8 Å². The van der Waals surface area contributed by atoms with Crippen LogP contribution in [0.25, 0.3) is 0 Å². The smallest absolute Gasteiger partial charge is 0.337 e. The van der Waals surface area contributed by atoms with Crippen molar-refractivity contribution in [3.63, 3.8) is 0 Å². The highest BCUT2D eigenvalue weighted by atomic mass is 16.4. The summed E-state index contributed by atoms with van der Waals surface area (Å²) in [6, 6.07) is 7.32. The molecule has 0 aromatic heterocycles. The third-order valence-electron chi connectivity index (χ3n) is 2.74. The summed E-state index contributed by atoms with van der Waals surface area (Å²) in [5.41, 5.74) is 1.04. The first kappa shape index (κ1) is 13.6. The summed E-state index contributed by atoms with van der Waals surface area (Å²) >= 11 is 0. The molecule has 0 bridgehead atoms. The van der Waals surface area contributed by atoms with Crippen LogP contribution in [0.2, 0.25) is 0 Å². The number of rotatable bonds is 6. The Balaban J connectivity index is 2.64. The molecule has 0 aliphatic heterocycles. The predicted molar refractivity (Wildman–Crippen MR) is 70.6 cm³/mol. The van der Waals surface area contributed by atoms with Crippen molar-refractivity contribution in [1.82, 2.24) is 0 Å². The number of benzene rings is 1. The lowest BCUT2D eigenvalue weighted by Crippen LogP contribution is -2.17. The van der Waals surface area contributed by atoms with Crippen LogP contribution < -0.4 is 5.32 Å². The summed E-state index contributed by atoms with van der Waals surface area (Å²) in [6.45, 7) is 6.47. The summed E-state index contributed by atoms with van der Waals surface area (Å²) in [5, 5.41) is 12.3. The largest absolute Gasteiger partial charge is 0.478 e. The monoisotopic (exact) mass is 235 g/mol. The Hall–Kier alpha value is -1.51. The number of nitrogens with one attached hydrogen (secondary N) is 1. The predicted octanol–water partition coefficient (Wildman–Crippen LogP) is 3.62. The average molecular weight is 235 g/mol. The number of para-hydroxylation sites is 1. The molecular formula is C14H21NO2. The van der Waals surface area contributed by atoms with E-state index in [1.165, 1.54) is 0 Å². The summed E-state index contributed by atoms with van der Waals surface area (Å²) in [7, 11) is 0. The van der Waals surface area contributed by atoms with Gasteiger partial charge in [0.1, 0.15) is 0 Å². The minimum Gasteiger partial charge on any atom is -0.478 e. The quantitative estimate of drug-likeness (QED) is 0.791. The maximum atomic E-state index is 11.0. The van der Waals surface area contributed by atoms with Crippen LogP contribution in [0, 0.1) is 5.92 Å². The molecule has 17 heavy (non-hydrogen) atoms. The Bertz CT molecular complexity index is 374. The van der Waals surface area contributed by atoms with E-state index in [1.807, 2.05) is 12.1 Å². The molecule has 2 N–H and O–H groups in total. The maximum Gasteiger partial charge on any atom is 0.337 e. The van der Waals surface area contributed by atoms with Gasteiger partial charge in [0.05, 0.1) is 5.56 Å². The van der Waals surface area contributed by atoms with E-state index in [2.05, 4.69) is 26.1 Å². The standard InChI is InChI=1S/C14H21NO2/c1-10(2)8-9-11(3)15-13-7-5-4-6-12(13)14(16)17/h4-7,10-11,15H,8-9H2,1-3H3,(H,16,17). The summed E-state index contributed by atoms with van der Waals surface area (Å²) in [6.07, 6.45) is 2.19. The topological polar surface area (TPSA) is 49.3 Å². The fraction of sp³-hybridized carbons (Fsp3) is 0.500. The van der Waals surface area contributed by atoms with Crippen molar-refractivity contribution >= 4 is 11.7 Å². The highest BCUT2D eigenvalue weighted by Crippen LogP contribution is 2.18. The molecule has 0 radical (unpaired) electrons. The maximum absolute atomic E-state index is 11.0. The highest BCUT2D eigenvalue weighted by Gasteiger charge is 2.11. The van der Waals surface area contributed by atoms with Crippen molar-refractivity contribution in [1.29, 1.82) is 0 Å². The number of hydrogen-bond donors (Lipinski definition) is 2. The molecule has 1 rings (SSSR count). The molecule has 3 nitrogen and oxygen atoms in total. The minimum absolute atomic E-state index is 0.290. The van der Waals surface area contributed by atoms with E-state index in [-0.39, 0.29) is 6.04 Å². The lowest BCUT2D eigenvalue weighted by atomic mass is 10.0. The van der Waals surface area contributed by atoms with Gasteiger partial charge in [-0.15, -0.1) is 0 Å². The summed E-state index contributed by atoms with van der Waals surface area (Å²) in [4.78, 5) is 11.0. The lowest BCUT2D eigenvalue weighted by Gasteiger charge is -2.17. The zero-order chi connectivity index (χ0) is 12.8. The first-order valence-corrected chi connectivity index (χ1v) is 6.09. The first-order valence-electron chi connectivity index (χ1n) is 6.09. The van der Waals surface area contributed by atoms with Crippen LogP contribution >= 0.6 is 0 Å². The number of aromatic carboxylic acids is 1. The Morgan fingerprint density at radius 1 is 1.24 bits per heavy atom. The second kappa shape index (κ2) is 6.28. The molecule has 3 heteroatoms. The zero-order valence-electron chi connectivity index (χ0n) is 10.7. The number of carboxylic acids is 1. The van der Waals surface area contributed by atoms with E-state index in [9.17, 15) is 4.79 Å². The average Bonchev–Trinajstić information content (AvgIpc) is 2.27. The normalized spacial score (nSPS) is 12.5.